The Kier molecular flexibility index (Phi) is 3.83. The van der Waals surface area contributed by atoms with Crippen molar-refractivity contribution in [3.05, 3.63) is 53.6 Å². The number of ether oxygens (including phenoxy) is 2. The summed E-state index contributed by atoms with van der Waals surface area (Å²) in [7, 11) is 1.63. The van der Waals surface area contributed by atoms with Crippen molar-refractivity contribution < 1.29 is 19.1 Å². The maximum Gasteiger partial charge on any atom is 0.248 e. The van der Waals surface area contributed by atoms with E-state index in [1.807, 2.05) is 18.2 Å². The van der Waals surface area contributed by atoms with Crippen LogP contribution in [0, 0.1) is 5.92 Å². The molecule has 0 aromatic heterocycles. The van der Waals surface area contributed by atoms with Gasteiger partial charge in [-0.2, -0.15) is 0 Å². The lowest BCUT2D eigenvalue weighted by Gasteiger charge is -2.27. The lowest BCUT2D eigenvalue weighted by molar-refractivity contribution is -0.117. The Bertz CT molecular complexity index is 895. The Balaban J connectivity index is 1.56. The first-order valence-electron chi connectivity index (χ1n) is 8.55. The highest BCUT2D eigenvalue weighted by atomic mass is 16.5. The van der Waals surface area contributed by atoms with Crippen LogP contribution in [-0.4, -0.2) is 25.5 Å². The maximum atomic E-state index is 12.8. The van der Waals surface area contributed by atoms with Gasteiger partial charge in [0.1, 0.15) is 11.5 Å². The number of hydrogen-bond acceptors (Lipinski definition) is 4. The molecule has 0 bridgehead atoms. The van der Waals surface area contributed by atoms with Gasteiger partial charge < -0.3 is 20.5 Å². The molecule has 1 heterocycles. The molecule has 134 valence electrons. The summed E-state index contributed by atoms with van der Waals surface area (Å²) < 4.78 is 11.1. The van der Waals surface area contributed by atoms with Crippen LogP contribution in [0.5, 0.6) is 11.5 Å². The van der Waals surface area contributed by atoms with Crippen LogP contribution in [0.25, 0.3) is 0 Å². The Morgan fingerprint density at radius 1 is 1.27 bits per heavy atom. The SMILES string of the molecule is COc1ccc2c(c1)[C@@]1(CCO2)C[C@@H]1C(=O)Nc1cccc(C(N)=O)c1. The third-order valence-corrected chi connectivity index (χ3v) is 5.34. The molecule has 1 aliphatic heterocycles. The van der Waals surface area contributed by atoms with E-state index in [1.54, 1.807) is 31.4 Å². The van der Waals surface area contributed by atoms with E-state index >= 15 is 0 Å². The topological polar surface area (TPSA) is 90.7 Å². The molecule has 1 saturated carbocycles. The number of rotatable bonds is 4. The molecule has 2 aromatic carbocycles. The molecule has 1 fully saturated rings. The van der Waals surface area contributed by atoms with Crippen molar-refractivity contribution in [2.24, 2.45) is 11.7 Å². The van der Waals surface area contributed by atoms with Crippen LogP contribution in [0.4, 0.5) is 5.69 Å². The van der Waals surface area contributed by atoms with Gasteiger partial charge in [-0.25, -0.2) is 0 Å². The van der Waals surface area contributed by atoms with E-state index in [0.717, 1.165) is 29.9 Å². The first kappa shape index (κ1) is 16.4. The number of carbonyl (C=O) groups excluding carboxylic acids is 2. The summed E-state index contributed by atoms with van der Waals surface area (Å²) in [5, 5.41) is 2.91. The molecule has 3 N–H and O–H groups in total. The summed E-state index contributed by atoms with van der Waals surface area (Å²) in [6.07, 6.45) is 1.57. The third kappa shape index (κ3) is 2.67. The summed E-state index contributed by atoms with van der Waals surface area (Å²) in [6.45, 7) is 0.597. The van der Waals surface area contributed by atoms with Crippen molar-refractivity contribution >= 4 is 17.5 Å². The van der Waals surface area contributed by atoms with E-state index in [0.29, 0.717) is 17.9 Å². The quantitative estimate of drug-likeness (QED) is 0.884. The van der Waals surface area contributed by atoms with Gasteiger partial charge >= 0.3 is 0 Å². The molecule has 1 spiro atoms. The number of nitrogens with one attached hydrogen (secondary N) is 1. The van der Waals surface area contributed by atoms with Gasteiger partial charge in [0.2, 0.25) is 11.8 Å². The molecular formula is C20H20N2O4. The Morgan fingerprint density at radius 3 is 2.88 bits per heavy atom. The molecule has 2 aliphatic rings. The standard InChI is InChI=1S/C20H20N2O4/c1-25-14-5-6-17-15(10-14)20(7-8-26-17)11-16(20)19(24)22-13-4-2-3-12(9-13)18(21)23/h2-6,9-10,16H,7-8,11H2,1H3,(H2,21,23)(H,22,24)/t16-,20-/m1/s1. The highest BCUT2D eigenvalue weighted by molar-refractivity contribution is 5.98. The van der Waals surface area contributed by atoms with E-state index in [1.165, 1.54) is 0 Å². The van der Waals surface area contributed by atoms with Crippen LogP contribution in [0.15, 0.2) is 42.5 Å². The highest BCUT2D eigenvalue weighted by Gasteiger charge is 2.61. The second kappa shape index (κ2) is 6.05. The number of nitrogens with two attached hydrogens (primary N) is 1. The van der Waals surface area contributed by atoms with Crippen molar-refractivity contribution in [2.45, 2.75) is 18.3 Å². The van der Waals surface area contributed by atoms with Crippen LogP contribution in [-0.2, 0) is 10.2 Å². The van der Waals surface area contributed by atoms with Crippen LogP contribution in [0.2, 0.25) is 0 Å². The fraction of sp³-hybridized carbons (Fsp3) is 0.300. The maximum absolute atomic E-state index is 12.8. The molecule has 6 heteroatoms. The minimum Gasteiger partial charge on any atom is -0.497 e. The first-order chi connectivity index (χ1) is 12.5. The molecule has 2 atom stereocenters. The molecular weight excluding hydrogens is 332 g/mol. The van der Waals surface area contributed by atoms with E-state index < -0.39 is 5.91 Å². The monoisotopic (exact) mass is 352 g/mol. The van der Waals surface area contributed by atoms with E-state index in [9.17, 15) is 9.59 Å². The van der Waals surface area contributed by atoms with Crippen molar-refractivity contribution in [3.8, 4) is 11.5 Å². The average Bonchev–Trinajstić information content (AvgIpc) is 3.37. The second-order valence-electron chi connectivity index (χ2n) is 6.81. The van der Waals surface area contributed by atoms with Crippen molar-refractivity contribution in [1.82, 2.24) is 0 Å². The Morgan fingerprint density at radius 2 is 2.12 bits per heavy atom. The number of methoxy groups -OCH3 is 1. The second-order valence-corrected chi connectivity index (χ2v) is 6.81. The van der Waals surface area contributed by atoms with Crippen molar-refractivity contribution in [1.29, 1.82) is 0 Å². The highest BCUT2D eigenvalue weighted by Crippen LogP contribution is 2.61. The van der Waals surface area contributed by atoms with Gasteiger partial charge in [-0.3, -0.25) is 9.59 Å². The molecule has 1 aliphatic carbocycles. The number of benzene rings is 2. The number of hydrogen-bond donors (Lipinski definition) is 2. The van der Waals surface area contributed by atoms with E-state index in [4.69, 9.17) is 15.2 Å². The number of anilines is 1. The molecule has 6 nitrogen and oxygen atoms in total. The predicted octanol–water partition coefficient (Wildman–Crippen LogP) is 2.47. The zero-order chi connectivity index (χ0) is 18.3. The summed E-state index contributed by atoms with van der Waals surface area (Å²) in [5.41, 5.74) is 7.08. The van der Waals surface area contributed by atoms with Crippen LogP contribution < -0.4 is 20.5 Å². The molecule has 2 aromatic rings. The van der Waals surface area contributed by atoms with Crippen molar-refractivity contribution in [3.63, 3.8) is 0 Å². The van der Waals surface area contributed by atoms with E-state index in [2.05, 4.69) is 5.32 Å². The number of primary amides is 1. The predicted molar refractivity (Wildman–Crippen MR) is 96.5 cm³/mol. The molecule has 0 radical (unpaired) electrons. The zero-order valence-electron chi connectivity index (χ0n) is 14.5. The summed E-state index contributed by atoms with van der Waals surface area (Å²) in [5.74, 6) is 0.878. The molecule has 0 saturated heterocycles. The summed E-state index contributed by atoms with van der Waals surface area (Å²) in [4.78, 5) is 24.1. The molecule has 2 amide bonds. The van der Waals surface area contributed by atoms with E-state index in [-0.39, 0.29) is 17.2 Å². The summed E-state index contributed by atoms with van der Waals surface area (Å²) >= 11 is 0. The van der Waals surface area contributed by atoms with Gasteiger partial charge in [-0.05, 0) is 49.2 Å². The number of carbonyl (C=O) groups is 2. The minimum atomic E-state index is -0.519. The fourth-order valence-corrected chi connectivity index (χ4v) is 3.83. The van der Waals surface area contributed by atoms with Gasteiger partial charge in [0.15, 0.2) is 0 Å². The Hall–Kier alpha value is -3.02. The lowest BCUT2D eigenvalue weighted by atomic mass is 9.87. The normalized spacial score (nSPS) is 22.9. The van der Waals surface area contributed by atoms with Gasteiger partial charge in [0, 0.05) is 28.1 Å². The first-order valence-corrected chi connectivity index (χ1v) is 8.55. The van der Waals surface area contributed by atoms with Crippen LogP contribution in [0.3, 0.4) is 0 Å². The largest absolute Gasteiger partial charge is 0.497 e. The fourth-order valence-electron chi connectivity index (χ4n) is 3.83. The number of fused-ring (bicyclic) bond motifs is 2. The van der Waals surface area contributed by atoms with Crippen molar-refractivity contribution in [2.75, 3.05) is 19.0 Å². The molecule has 26 heavy (non-hydrogen) atoms. The van der Waals surface area contributed by atoms with Gasteiger partial charge in [-0.1, -0.05) is 6.07 Å². The van der Waals surface area contributed by atoms with Gasteiger partial charge in [0.05, 0.1) is 13.7 Å². The number of amides is 2. The minimum absolute atomic E-state index is 0.0534. The Labute approximate surface area is 151 Å². The average molecular weight is 352 g/mol. The van der Waals surface area contributed by atoms with Gasteiger partial charge in [-0.15, -0.1) is 0 Å². The van der Waals surface area contributed by atoms with Crippen LogP contribution >= 0.6 is 0 Å². The zero-order valence-corrected chi connectivity index (χ0v) is 14.5. The summed E-state index contributed by atoms with van der Waals surface area (Å²) in [6, 6.07) is 12.4. The lowest BCUT2D eigenvalue weighted by Crippen LogP contribution is -2.26. The molecule has 0 unspecified atom stereocenters. The molecule has 4 rings (SSSR count). The third-order valence-electron chi connectivity index (χ3n) is 5.34. The van der Waals surface area contributed by atoms with Gasteiger partial charge in [0.25, 0.3) is 0 Å². The van der Waals surface area contributed by atoms with Crippen LogP contribution in [0.1, 0.15) is 28.8 Å². The smallest absolute Gasteiger partial charge is 0.248 e.